The van der Waals surface area contributed by atoms with Crippen molar-refractivity contribution in [3.05, 3.63) is 0 Å². The van der Waals surface area contributed by atoms with Crippen molar-refractivity contribution in [3.63, 3.8) is 0 Å². The molecule has 1 aliphatic carbocycles. The largest absolute Gasteiger partial charge is 0.373 e. The molecule has 4 heterocycles. The minimum absolute atomic E-state index is 0.135. The first kappa shape index (κ1) is 17.8. The predicted octanol–water partition coefficient (Wildman–Crippen LogP) is 1.34. The number of hydrogen-bond donors (Lipinski definition) is 2. The van der Waals surface area contributed by atoms with Crippen molar-refractivity contribution < 1.29 is 18.9 Å². The molecule has 0 amide bonds. The van der Waals surface area contributed by atoms with Crippen LogP contribution in [0, 0.1) is 11.8 Å². The number of ether oxygens (including phenoxy) is 4. The Balaban J connectivity index is 1.21. The highest BCUT2D eigenvalue weighted by molar-refractivity contribution is 5.04. The average Bonchev–Trinajstić information content (AvgIpc) is 3.43. The number of nitrogens with two attached hydrogens (primary N) is 2. The first-order valence-electron chi connectivity index (χ1n) is 10.6. The average molecular weight is 367 g/mol. The van der Waals surface area contributed by atoms with Crippen LogP contribution in [0.2, 0.25) is 0 Å². The summed E-state index contributed by atoms with van der Waals surface area (Å²) in [7, 11) is 0. The zero-order valence-corrected chi connectivity index (χ0v) is 15.7. The summed E-state index contributed by atoms with van der Waals surface area (Å²) in [6.07, 6.45) is 10.2. The molecule has 0 spiro atoms. The van der Waals surface area contributed by atoms with Crippen LogP contribution in [-0.4, -0.2) is 61.9 Å². The Labute approximate surface area is 156 Å². The van der Waals surface area contributed by atoms with Gasteiger partial charge in [0.15, 0.2) is 0 Å². The molecule has 0 aromatic carbocycles. The molecular weight excluding hydrogens is 332 g/mol. The maximum Gasteiger partial charge on any atom is 0.0827 e. The highest BCUT2D eigenvalue weighted by atomic mass is 16.6. The van der Waals surface area contributed by atoms with Crippen molar-refractivity contribution in [2.45, 2.75) is 86.9 Å². The Bertz CT molecular complexity index is 432. The molecule has 4 N–H and O–H groups in total. The third kappa shape index (κ3) is 4.26. The summed E-state index contributed by atoms with van der Waals surface area (Å²) in [4.78, 5) is 0. The van der Waals surface area contributed by atoms with E-state index < -0.39 is 0 Å². The van der Waals surface area contributed by atoms with E-state index >= 15 is 0 Å². The molecule has 4 atom stereocenters. The van der Waals surface area contributed by atoms with Gasteiger partial charge in [0.05, 0.1) is 50.8 Å². The van der Waals surface area contributed by atoms with E-state index in [1.165, 1.54) is 25.7 Å². The summed E-state index contributed by atoms with van der Waals surface area (Å²) in [5.41, 5.74) is 13.6. The molecule has 4 unspecified atom stereocenters. The quantitative estimate of drug-likeness (QED) is 0.566. The standard InChI is InChI=1S/C20H34N2O4/c21-19(5-15-9-23-15,6-16-10-24-16)13-1-2-14(4-3-13)20(22,7-17-11-25-17)8-18-12-26-18/h13-18H,1-12,21-22H2. The lowest BCUT2D eigenvalue weighted by molar-refractivity contribution is 0.0897. The lowest BCUT2D eigenvalue weighted by atomic mass is 9.63. The topological polar surface area (TPSA) is 102 Å². The van der Waals surface area contributed by atoms with E-state index in [2.05, 4.69) is 0 Å². The first-order chi connectivity index (χ1) is 12.5. The minimum Gasteiger partial charge on any atom is -0.373 e. The third-order valence-corrected chi connectivity index (χ3v) is 7.39. The van der Waals surface area contributed by atoms with Gasteiger partial charge in [-0.1, -0.05) is 0 Å². The van der Waals surface area contributed by atoms with Crippen LogP contribution in [0.15, 0.2) is 0 Å². The van der Waals surface area contributed by atoms with E-state index in [0.29, 0.717) is 36.3 Å². The van der Waals surface area contributed by atoms with E-state index in [1.807, 2.05) is 0 Å². The summed E-state index contributed by atoms with van der Waals surface area (Å²) in [6.45, 7) is 3.53. The Kier molecular flexibility index (Phi) is 4.58. The van der Waals surface area contributed by atoms with Gasteiger partial charge >= 0.3 is 0 Å². The summed E-state index contributed by atoms with van der Waals surface area (Å²) in [5.74, 6) is 1.12. The Morgan fingerprint density at radius 2 is 0.769 bits per heavy atom. The molecule has 1 saturated carbocycles. The van der Waals surface area contributed by atoms with Crippen LogP contribution in [-0.2, 0) is 18.9 Å². The molecule has 5 fully saturated rings. The minimum atomic E-state index is -0.135. The molecule has 5 rings (SSSR count). The van der Waals surface area contributed by atoms with E-state index in [-0.39, 0.29) is 11.1 Å². The van der Waals surface area contributed by atoms with Crippen LogP contribution in [0.3, 0.4) is 0 Å². The van der Waals surface area contributed by atoms with Gasteiger partial charge in [0.25, 0.3) is 0 Å². The fraction of sp³-hybridized carbons (Fsp3) is 1.00. The zero-order chi connectivity index (χ0) is 17.8. The summed E-state index contributed by atoms with van der Waals surface area (Å²) in [6, 6.07) is 0. The number of epoxide rings is 4. The van der Waals surface area contributed by atoms with Gasteiger partial charge in [0.1, 0.15) is 0 Å². The Hall–Kier alpha value is -0.240. The predicted molar refractivity (Wildman–Crippen MR) is 96.7 cm³/mol. The lowest BCUT2D eigenvalue weighted by Gasteiger charge is -2.46. The summed E-state index contributed by atoms with van der Waals surface area (Å²) in [5, 5.41) is 0. The van der Waals surface area contributed by atoms with Gasteiger partial charge < -0.3 is 30.4 Å². The number of rotatable bonds is 10. The second-order valence-electron chi connectivity index (χ2n) is 9.65. The lowest BCUT2D eigenvalue weighted by Crippen LogP contribution is -2.54. The maximum atomic E-state index is 6.96. The molecule has 0 aromatic rings. The van der Waals surface area contributed by atoms with Crippen LogP contribution in [0.5, 0.6) is 0 Å². The van der Waals surface area contributed by atoms with Crippen molar-refractivity contribution >= 4 is 0 Å². The van der Waals surface area contributed by atoms with Gasteiger partial charge in [-0.3, -0.25) is 0 Å². The van der Waals surface area contributed by atoms with Crippen molar-refractivity contribution in [2.24, 2.45) is 23.3 Å². The van der Waals surface area contributed by atoms with Crippen LogP contribution < -0.4 is 11.5 Å². The molecule has 148 valence electrons. The molecule has 4 saturated heterocycles. The third-order valence-electron chi connectivity index (χ3n) is 7.39. The van der Waals surface area contributed by atoms with Crippen LogP contribution in [0.4, 0.5) is 0 Å². The second kappa shape index (κ2) is 6.68. The Morgan fingerprint density at radius 1 is 0.538 bits per heavy atom. The molecule has 6 nitrogen and oxygen atoms in total. The van der Waals surface area contributed by atoms with Gasteiger partial charge in [0.2, 0.25) is 0 Å². The SMILES string of the molecule is NC(CC1CO1)(CC1CO1)C1CCC(C(N)(CC2CO2)CC2CO2)CC1. The van der Waals surface area contributed by atoms with Crippen LogP contribution in [0.1, 0.15) is 51.4 Å². The molecular formula is C20H34N2O4. The van der Waals surface area contributed by atoms with Crippen molar-refractivity contribution in [1.82, 2.24) is 0 Å². The molecule has 0 aromatic heterocycles. The molecule has 0 radical (unpaired) electrons. The van der Waals surface area contributed by atoms with Crippen molar-refractivity contribution in [1.29, 1.82) is 0 Å². The van der Waals surface area contributed by atoms with Crippen molar-refractivity contribution in [3.8, 4) is 0 Å². The first-order valence-corrected chi connectivity index (χ1v) is 10.6. The van der Waals surface area contributed by atoms with Crippen LogP contribution >= 0.6 is 0 Å². The summed E-state index contributed by atoms with van der Waals surface area (Å²) < 4.78 is 22.0. The van der Waals surface area contributed by atoms with Gasteiger partial charge in [-0.25, -0.2) is 0 Å². The molecule has 26 heavy (non-hydrogen) atoms. The van der Waals surface area contributed by atoms with Gasteiger partial charge in [-0.15, -0.1) is 0 Å². The van der Waals surface area contributed by atoms with E-state index in [1.54, 1.807) is 0 Å². The van der Waals surface area contributed by atoms with Gasteiger partial charge in [-0.05, 0) is 63.2 Å². The van der Waals surface area contributed by atoms with Crippen LogP contribution in [0.25, 0.3) is 0 Å². The Morgan fingerprint density at radius 3 is 0.962 bits per heavy atom. The molecule has 0 bridgehead atoms. The van der Waals surface area contributed by atoms with E-state index in [4.69, 9.17) is 30.4 Å². The molecule has 6 heteroatoms. The van der Waals surface area contributed by atoms with E-state index in [0.717, 1.165) is 52.1 Å². The van der Waals surface area contributed by atoms with Gasteiger partial charge in [0, 0.05) is 11.1 Å². The monoisotopic (exact) mass is 366 g/mol. The fourth-order valence-electron chi connectivity index (χ4n) is 5.52. The summed E-state index contributed by atoms with van der Waals surface area (Å²) >= 11 is 0. The maximum absolute atomic E-state index is 6.96. The van der Waals surface area contributed by atoms with Gasteiger partial charge in [-0.2, -0.15) is 0 Å². The molecule has 4 aliphatic heterocycles. The molecule has 5 aliphatic rings. The van der Waals surface area contributed by atoms with E-state index in [9.17, 15) is 0 Å². The van der Waals surface area contributed by atoms with Crippen molar-refractivity contribution in [2.75, 3.05) is 26.4 Å². The zero-order valence-electron chi connectivity index (χ0n) is 15.7. The highest BCUT2D eigenvalue weighted by Gasteiger charge is 2.49. The normalized spacial score (nSPS) is 45.5. The smallest absolute Gasteiger partial charge is 0.0827 e. The number of hydrogen-bond acceptors (Lipinski definition) is 6. The second-order valence-corrected chi connectivity index (χ2v) is 9.65. The highest BCUT2D eigenvalue weighted by Crippen LogP contribution is 2.46. The fourth-order valence-corrected chi connectivity index (χ4v) is 5.52.